The van der Waals surface area contributed by atoms with Crippen LogP contribution in [0, 0.1) is 0 Å². The zero-order chi connectivity index (χ0) is 17.7. The summed E-state index contributed by atoms with van der Waals surface area (Å²) in [6, 6.07) is 4.10. The van der Waals surface area contributed by atoms with Gasteiger partial charge < -0.3 is 15.9 Å². The number of rotatable bonds is 2. The fourth-order valence-corrected chi connectivity index (χ4v) is 1.94. The first kappa shape index (κ1) is 19.2. The number of aromatic carboxylic acids is 2. The average Bonchev–Trinajstić information content (AvgIpc) is 2.45. The highest BCUT2D eigenvalue weighted by Crippen LogP contribution is 2.24. The number of carbonyl (C=O) groups is 2. The number of hydrogen-bond donors (Lipinski definition) is 3. The van der Waals surface area contributed by atoms with Crippen LogP contribution in [0.25, 0.3) is 0 Å². The van der Waals surface area contributed by atoms with Gasteiger partial charge in [0.25, 0.3) is 0 Å². The summed E-state index contributed by atoms with van der Waals surface area (Å²) in [5.74, 6) is -2.44. The van der Waals surface area contributed by atoms with E-state index in [2.05, 4.69) is 9.97 Å². The minimum absolute atomic E-state index is 0.00861. The smallest absolute Gasteiger partial charge is 0.356 e. The summed E-state index contributed by atoms with van der Waals surface area (Å²) in [4.78, 5) is 27.8. The van der Waals surface area contributed by atoms with Crippen molar-refractivity contribution >= 4 is 64.0 Å². The van der Waals surface area contributed by atoms with Crippen LogP contribution >= 0.6 is 46.4 Å². The van der Waals surface area contributed by atoms with Crippen LogP contribution in [0.1, 0.15) is 21.0 Å². The van der Waals surface area contributed by atoms with E-state index in [-0.39, 0.29) is 37.4 Å². The van der Waals surface area contributed by atoms with Crippen LogP contribution in [-0.2, 0) is 0 Å². The molecule has 4 N–H and O–H groups in total. The van der Waals surface area contributed by atoms with E-state index < -0.39 is 11.9 Å². The lowest BCUT2D eigenvalue weighted by molar-refractivity contribution is 0.0680. The van der Waals surface area contributed by atoms with Gasteiger partial charge in [0, 0.05) is 0 Å². The minimum Gasteiger partial charge on any atom is -0.476 e. The Morgan fingerprint density at radius 2 is 1.43 bits per heavy atom. The highest BCUT2D eigenvalue weighted by molar-refractivity contribution is 6.37. The Kier molecular flexibility index (Phi) is 6.83. The van der Waals surface area contributed by atoms with Gasteiger partial charge in [-0.15, -0.1) is 0 Å². The van der Waals surface area contributed by atoms with E-state index in [9.17, 15) is 9.59 Å². The number of pyridine rings is 2. The second-order valence-electron chi connectivity index (χ2n) is 3.77. The lowest BCUT2D eigenvalue weighted by atomic mass is 10.3. The fourth-order valence-electron chi connectivity index (χ4n) is 1.23. The molecule has 122 valence electrons. The Hall–Kier alpha value is -1.80. The Morgan fingerprint density at radius 1 is 0.913 bits per heavy atom. The monoisotopic (exact) mass is 397 g/mol. The van der Waals surface area contributed by atoms with Crippen molar-refractivity contribution in [1.29, 1.82) is 0 Å². The zero-order valence-electron chi connectivity index (χ0n) is 10.9. The first-order valence-corrected chi connectivity index (χ1v) is 7.04. The highest BCUT2D eigenvalue weighted by atomic mass is 35.5. The first-order valence-electron chi connectivity index (χ1n) is 5.53. The van der Waals surface area contributed by atoms with E-state index in [0.717, 1.165) is 0 Å². The summed E-state index contributed by atoms with van der Waals surface area (Å²) < 4.78 is 0. The van der Waals surface area contributed by atoms with Crippen LogP contribution < -0.4 is 5.73 Å². The topological polar surface area (TPSA) is 126 Å². The Balaban J connectivity index is 0.000000231. The molecular formula is C12H7Cl4N3O4. The fraction of sp³-hybridized carbons (Fsp3) is 0. The molecule has 2 rings (SSSR count). The number of nitrogens with two attached hydrogens (primary N) is 1. The third-order valence-electron chi connectivity index (χ3n) is 2.17. The van der Waals surface area contributed by atoms with E-state index in [4.69, 9.17) is 62.4 Å². The molecule has 0 aliphatic carbocycles. The van der Waals surface area contributed by atoms with Crippen molar-refractivity contribution in [3.8, 4) is 0 Å². The van der Waals surface area contributed by atoms with Gasteiger partial charge >= 0.3 is 11.9 Å². The third kappa shape index (κ3) is 5.40. The maximum absolute atomic E-state index is 10.5. The quantitative estimate of drug-likeness (QED) is 0.657. The average molecular weight is 399 g/mol. The maximum atomic E-state index is 10.5. The van der Waals surface area contributed by atoms with Gasteiger partial charge in [-0.1, -0.05) is 46.4 Å². The molecule has 0 aliphatic heterocycles. The molecule has 0 saturated carbocycles. The van der Waals surface area contributed by atoms with Crippen LogP contribution in [0.4, 0.5) is 5.69 Å². The van der Waals surface area contributed by atoms with E-state index in [0.29, 0.717) is 0 Å². The second kappa shape index (κ2) is 8.16. The normalized spacial score (nSPS) is 9.74. The largest absolute Gasteiger partial charge is 0.476 e. The maximum Gasteiger partial charge on any atom is 0.356 e. The van der Waals surface area contributed by atoms with Gasteiger partial charge in [-0.2, -0.15) is 0 Å². The van der Waals surface area contributed by atoms with Crippen LogP contribution in [0.15, 0.2) is 18.2 Å². The molecule has 0 bridgehead atoms. The van der Waals surface area contributed by atoms with Crippen molar-refractivity contribution < 1.29 is 19.8 Å². The molecule has 7 nitrogen and oxygen atoms in total. The third-order valence-corrected chi connectivity index (χ3v) is 3.28. The minimum atomic E-state index is -1.26. The molecule has 0 saturated heterocycles. The Labute approximate surface area is 149 Å². The van der Waals surface area contributed by atoms with Crippen LogP contribution in [0.2, 0.25) is 20.4 Å². The SMILES string of the molecule is Nc1cc(Cl)nc(C(=O)O)c1Cl.O=C(O)c1nc(Cl)ccc1Cl. The van der Waals surface area contributed by atoms with E-state index in [1.165, 1.54) is 18.2 Å². The number of nitrogens with zero attached hydrogens (tertiary/aromatic N) is 2. The molecular weight excluding hydrogens is 392 g/mol. The molecule has 23 heavy (non-hydrogen) atoms. The van der Waals surface area contributed by atoms with Gasteiger partial charge in [-0.05, 0) is 18.2 Å². The van der Waals surface area contributed by atoms with Crippen molar-refractivity contribution in [1.82, 2.24) is 9.97 Å². The van der Waals surface area contributed by atoms with Gasteiger partial charge in [0.2, 0.25) is 0 Å². The molecule has 0 aliphatic rings. The van der Waals surface area contributed by atoms with E-state index in [1.54, 1.807) is 0 Å². The van der Waals surface area contributed by atoms with Crippen molar-refractivity contribution in [2.45, 2.75) is 0 Å². The molecule has 0 atom stereocenters. The van der Waals surface area contributed by atoms with Gasteiger partial charge in [0.05, 0.1) is 15.7 Å². The number of carboxylic acids is 2. The highest BCUT2D eigenvalue weighted by Gasteiger charge is 2.14. The first-order chi connectivity index (χ1) is 10.6. The molecule has 0 amide bonds. The van der Waals surface area contributed by atoms with Gasteiger partial charge in [0.1, 0.15) is 10.3 Å². The summed E-state index contributed by atoms with van der Waals surface area (Å²) in [5, 5.41) is 17.2. The summed E-state index contributed by atoms with van der Waals surface area (Å²) in [7, 11) is 0. The molecule has 11 heteroatoms. The van der Waals surface area contributed by atoms with Crippen molar-refractivity contribution in [3.63, 3.8) is 0 Å². The zero-order valence-corrected chi connectivity index (χ0v) is 14.0. The van der Waals surface area contributed by atoms with Crippen molar-refractivity contribution in [2.24, 2.45) is 0 Å². The summed E-state index contributed by atoms with van der Waals surface area (Å²) >= 11 is 21.9. The predicted octanol–water partition coefficient (Wildman–Crippen LogP) is 3.76. The molecule has 2 aromatic heterocycles. The number of hydrogen-bond acceptors (Lipinski definition) is 5. The number of halogens is 4. The van der Waals surface area contributed by atoms with Crippen LogP contribution in [0.3, 0.4) is 0 Å². The van der Waals surface area contributed by atoms with Gasteiger partial charge in [0.15, 0.2) is 11.4 Å². The van der Waals surface area contributed by atoms with Gasteiger partial charge in [-0.3, -0.25) is 0 Å². The van der Waals surface area contributed by atoms with Crippen LogP contribution in [-0.4, -0.2) is 32.1 Å². The lowest BCUT2D eigenvalue weighted by Gasteiger charge is -2.01. The predicted molar refractivity (Wildman–Crippen MR) is 86.8 cm³/mol. The second-order valence-corrected chi connectivity index (χ2v) is 5.33. The number of aromatic nitrogens is 2. The van der Waals surface area contributed by atoms with Gasteiger partial charge in [-0.25, -0.2) is 19.6 Å². The molecule has 0 spiro atoms. The molecule has 0 unspecified atom stereocenters. The molecule has 0 fully saturated rings. The summed E-state index contributed by atoms with van der Waals surface area (Å²) in [5.41, 5.74) is 4.89. The number of nitrogen functional groups attached to an aromatic ring is 1. The van der Waals surface area contributed by atoms with Crippen molar-refractivity contribution in [3.05, 3.63) is 49.9 Å². The summed E-state index contributed by atoms with van der Waals surface area (Å²) in [6.07, 6.45) is 0. The molecule has 2 heterocycles. The molecule has 0 radical (unpaired) electrons. The standard InChI is InChI=1S/C6H4Cl2N2O2.C6H3Cl2NO2/c7-3-1-2(9)4(8)5(10-3)6(11)12;7-3-1-2-4(8)9-5(3)6(10)11/h1H,(H2,9,10)(H,11,12);1-2H,(H,10,11). The number of anilines is 1. The molecule has 0 aromatic carbocycles. The Morgan fingerprint density at radius 3 is 1.91 bits per heavy atom. The van der Waals surface area contributed by atoms with Crippen molar-refractivity contribution in [2.75, 3.05) is 5.73 Å². The van der Waals surface area contributed by atoms with E-state index >= 15 is 0 Å². The number of carboxylic acid groups (broad SMARTS) is 2. The summed E-state index contributed by atoms with van der Waals surface area (Å²) in [6.45, 7) is 0. The lowest BCUT2D eigenvalue weighted by Crippen LogP contribution is -2.03. The molecule has 2 aromatic rings. The Bertz CT molecular complexity index is 770. The van der Waals surface area contributed by atoms with E-state index in [1.807, 2.05) is 0 Å². The van der Waals surface area contributed by atoms with Crippen LogP contribution in [0.5, 0.6) is 0 Å².